The molecule has 0 bridgehead atoms. The zero-order valence-corrected chi connectivity index (χ0v) is 15.3. The van der Waals surface area contributed by atoms with E-state index in [4.69, 9.17) is 4.74 Å². The zero-order chi connectivity index (χ0) is 19.0. The second kappa shape index (κ2) is 7.03. The molecule has 0 saturated carbocycles. The van der Waals surface area contributed by atoms with Crippen LogP contribution in [0, 0.1) is 5.82 Å². The first-order valence-corrected chi connectivity index (χ1v) is 8.82. The van der Waals surface area contributed by atoms with E-state index < -0.39 is 11.9 Å². The van der Waals surface area contributed by atoms with Gasteiger partial charge in [-0.1, -0.05) is 0 Å². The average Bonchev–Trinajstić information content (AvgIpc) is 3.22. The van der Waals surface area contributed by atoms with Gasteiger partial charge in [-0.25, -0.2) is 14.3 Å². The fraction of sp³-hybridized carbons (Fsp3) is 0.471. The van der Waals surface area contributed by atoms with E-state index >= 15 is 0 Å². The second-order valence-corrected chi connectivity index (χ2v) is 6.72. The number of likely N-dealkylation sites (N-methyl/N-ethyl adjacent to an activating group) is 1. The highest BCUT2D eigenvalue weighted by Crippen LogP contribution is 2.28. The van der Waals surface area contributed by atoms with Gasteiger partial charge in [0.25, 0.3) is 0 Å². The van der Waals surface area contributed by atoms with Crippen molar-refractivity contribution in [2.24, 2.45) is 10.2 Å². The van der Waals surface area contributed by atoms with Crippen molar-refractivity contribution in [2.45, 2.75) is 6.10 Å². The lowest BCUT2D eigenvalue weighted by Gasteiger charge is -2.28. The van der Waals surface area contributed by atoms with Crippen LogP contribution in [0.2, 0.25) is 0 Å². The standard InChI is InChI=1S/C17H22FN7O2/c1-21-7-8-23(12-20-21)16-4-3-13(9-15(16)18)25-11-14(27-17(25)26)10-24-6-5-19-22(24)2/h3-5,9,12,14H,6-8,10-11H2,1-2H3. The van der Waals surface area contributed by atoms with E-state index in [1.807, 2.05) is 19.1 Å². The van der Waals surface area contributed by atoms with Crippen molar-refractivity contribution in [3.8, 4) is 0 Å². The van der Waals surface area contributed by atoms with Crippen LogP contribution >= 0.6 is 0 Å². The highest BCUT2D eigenvalue weighted by Gasteiger charge is 2.35. The molecule has 10 heteroatoms. The Kier molecular flexibility index (Phi) is 4.56. The summed E-state index contributed by atoms with van der Waals surface area (Å²) in [6.07, 6.45) is 2.64. The monoisotopic (exact) mass is 375 g/mol. The number of carbonyl (C=O) groups is 1. The summed E-state index contributed by atoms with van der Waals surface area (Å²) < 4.78 is 20.1. The van der Waals surface area contributed by atoms with Crippen LogP contribution < -0.4 is 9.80 Å². The third-order valence-electron chi connectivity index (χ3n) is 4.84. The average molecular weight is 375 g/mol. The molecular formula is C17H22FN7O2. The molecule has 1 unspecified atom stereocenters. The quantitative estimate of drug-likeness (QED) is 0.782. The lowest BCUT2D eigenvalue weighted by Crippen LogP contribution is -2.40. The summed E-state index contributed by atoms with van der Waals surface area (Å²) in [5.74, 6) is -0.396. The van der Waals surface area contributed by atoms with Crippen LogP contribution in [0.1, 0.15) is 0 Å². The SMILES string of the molecule is CN1CCN(c2ccc(N3CC(CN4CC=NN4C)OC3=O)cc2F)C=N1. The summed E-state index contributed by atoms with van der Waals surface area (Å²) >= 11 is 0. The minimum Gasteiger partial charge on any atom is -0.442 e. The summed E-state index contributed by atoms with van der Waals surface area (Å²) in [6.45, 7) is 2.96. The van der Waals surface area contributed by atoms with Crippen molar-refractivity contribution in [3.63, 3.8) is 0 Å². The molecule has 1 aromatic rings. The molecule has 3 aliphatic rings. The van der Waals surface area contributed by atoms with E-state index in [0.717, 1.165) is 0 Å². The van der Waals surface area contributed by atoms with E-state index in [1.54, 1.807) is 39.7 Å². The molecule has 9 nitrogen and oxygen atoms in total. The number of ether oxygens (including phenoxy) is 1. The highest BCUT2D eigenvalue weighted by molar-refractivity contribution is 5.90. The van der Waals surface area contributed by atoms with Crippen molar-refractivity contribution in [1.29, 1.82) is 0 Å². The number of anilines is 2. The van der Waals surface area contributed by atoms with Gasteiger partial charge in [-0.3, -0.25) is 9.91 Å². The van der Waals surface area contributed by atoms with Gasteiger partial charge in [-0.2, -0.15) is 15.2 Å². The summed E-state index contributed by atoms with van der Waals surface area (Å²) in [4.78, 5) is 15.5. The smallest absolute Gasteiger partial charge is 0.414 e. The van der Waals surface area contributed by atoms with Crippen molar-refractivity contribution >= 4 is 30.0 Å². The number of hydrazine groups is 1. The maximum atomic E-state index is 14.7. The van der Waals surface area contributed by atoms with Gasteiger partial charge in [-0.05, 0) is 18.2 Å². The largest absolute Gasteiger partial charge is 0.442 e. The van der Waals surface area contributed by atoms with Crippen LogP contribution in [-0.2, 0) is 4.74 Å². The Morgan fingerprint density at radius 3 is 2.78 bits per heavy atom. The molecule has 0 radical (unpaired) electrons. The summed E-state index contributed by atoms with van der Waals surface area (Å²) in [5, 5.41) is 13.8. The first kappa shape index (κ1) is 17.5. The van der Waals surface area contributed by atoms with Crippen LogP contribution in [-0.4, -0.2) is 86.7 Å². The Bertz CT molecular complexity index is 787. The van der Waals surface area contributed by atoms with Gasteiger partial charge in [0.15, 0.2) is 0 Å². The Labute approximate surface area is 156 Å². The van der Waals surface area contributed by atoms with Crippen LogP contribution in [0.15, 0.2) is 28.4 Å². The molecule has 3 heterocycles. The van der Waals surface area contributed by atoms with Gasteiger partial charge in [0.05, 0.1) is 37.6 Å². The lowest BCUT2D eigenvalue weighted by atomic mass is 10.2. The van der Waals surface area contributed by atoms with Crippen LogP contribution in [0.25, 0.3) is 0 Å². The molecule has 144 valence electrons. The van der Waals surface area contributed by atoms with Gasteiger partial charge in [0.1, 0.15) is 18.3 Å². The molecular weight excluding hydrogens is 353 g/mol. The van der Waals surface area contributed by atoms with Crippen LogP contribution in [0.5, 0.6) is 0 Å². The van der Waals surface area contributed by atoms with Gasteiger partial charge in [-0.15, -0.1) is 0 Å². The Morgan fingerprint density at radius 2 is 2.11 bits per heavy atom. The first-order valence-electron chi connectivity index (χ1n) is 8.82. The number of hydrogen-bond acceptors (Lipinski definition) is 8. The third-order valence-corrected chi connectivity index (χ3v) is 4.84. The maximum Gasteiger partial charge on any atom is 0.414 e. The molecule has 1 atom stereocenters. The van der Waals surface area contributed by atoms with E-state index in [2.05, 4.69) is 10.2 Å². The molecule has 4 rings (SSSR count). The Balaban J connectivity index is 1.44. The number of halogens is 1. The summed E-state index contributed by atoms with van der Waals surface area (Å²) in [7, 11) is 3.71. The third kappa shape index (κ3) is 3.52. The highest BCUT2D eigenvalue weighted by atomic mass is 19.1. The van der Waals surface area contributed by atoms with E-state index in [-0.39, 0.29) is 6.10 Å². The Hall–Kier alpha value is -2.88. The number of cyclic esters (lactones) is 1. The molecule has 1 amide bonds. The number of amides is 1. The summed E-state index contributed by atoms with van der Waals surface area (Å²) in [6, 6.07) is 4.78. The van der Waals surface area contributed by atoms with Crippen LogP contribution in [0.4, 0.5) is 20.6 Å². The first-order chi connectivity index (χ1) is 13.0. The number of hydrogen-bond donors (Lipinski definition) is 0. The number of nitrogens with zero attached hydrogens (tertiary/aromatic N) is 7. The second-order valence-electron chi connectivity index (χ2n) is 6.72. The molecule has 1 fully saturated rings. The minimum atomic E-state index is -0.462. The van der Waals surface area contributed by atoms with E-state index in [0.29, 0.717) is 44.1 Å². The fourth-order valence-electron chi connectivity index (χ4n) is 3.29. The lowest BCUT2D eigenvalue weighted by molar-refractivity contribution is 0.00149. The normalized spacial score (nSPS) is 22.9. The minimum absolute atomic E-state index is 0.297. The molecule has 0 aliphatic carbocycles. The Morgan fingerprint density at radius 1 is 1.26 bits per heavy atom. The van der Waals surface area contributed by atoms with Crippen molar-refractivity contribution in [3.05, 3.63) is 24.0 Å². The van der Waals surface area contributed by atoms with Gasteiger partial charge in [0.2, 0.25) is 0 Å². The zero-order valence-electron chi connectivity index (χ0n) is 15.3. The van der Waals surface area contributed by atoms with E-state index in [9.17, 15) is 9.18 Å². The van der Waals surface area contributed by atoms with Gasteiger partial charge in [0, 0.05) is 26.9 Å². The predicted octanol–water partition coefficient (Wildman–Crippen LogP) is 0.994. The number of hydrazone groups is 2. The molecule has 0 N–H and O–H groups in total. The van der Waals surface area contributed by atoms with Gasteiger partial charge < -0.3 is 9.64 Å². The molecule has 27 heavy (non-hydrogen) atoms. The fourth-order valence-corrected chi connectivity index (χ4v) is 3.29. The van der Waals surface area contributed by atoms with Crippen molar-refractivity contribution < 1.29 is 13.9 Å². The van der Waals surface area contributed by atoms with E-state index in [1.165, 1.54) is 11.0 Å². The van der Waals surface area contributed by atoms with Crippen molar-refractivity contribution in [2.75, 3.05) is 56.6 Å². The molecule has 3 aliphatic heterocycles. The predicted molar refractivity (Wildman–Crippen MR) is 100 cm³/mol. The van der Waals surface area contributed by atoms with Crippen LogP contribution in [0.3, 0.4) is 0 Å². The topological polar surface area (TPSA) is 67.2 Å². The van der Waals surface area contributed by atoms with Gasteiger partial charge >= 0.3 is 6.09 Å². The number of benzene rings is 1. The number of rotatable bonds is 4. The van der Waals surface area contributed by atoms with Crippen molar-refractivity contribution in [1.82, 2.24) is 15.1 Å². The summed E-state index contributed by atoms with van der Waals surface area (Å²) in [5.41, 5.74) is 0.927. The maximum absolute atomic E-state index is 14.7. The molecule has 1 aromatic carbocycles. The molecule has 0 aromatic heterocycles. The molecule has 1 saturated heterocycles. The molecule has 0 spiro atoms. The number of carbonyl (C=O) groups excluding carboxylic acids is 1.